The van der Waals surface area contributed by atoms with Crippen molar-refractivity contribution in [2.75, 3.05) is 37.6 Å². The van der Waals surface area contributed by atoms with Crippen molar-refractivity contribution in [3.8, 4) is 17.1 Å². The summed E-state index contributed by atoms with van der Waals surface area (Å²) in [4.78, 5) is 32.5. The van der Waals surface area contributed by atoms with Gasteiger partial charge < -0.3 is 19.4 Å². The van der Waals surface area contributed by atoms with Crippen LogP contribution in [0.1, 0.15) is 47.9 Å². The Balaban J connectivity index is 1.06. The predicted octanol–water partition coefficient (Wildman–Crippen LogP) is 5.74. The Morgan fingerprint density at radius 2 is 1.73 bits per heavy atom. The molecule has 1 atom stereocenters. The lowest BCUT2D eigenvalue weighted by atomic mass is 9.97. The number of H-pyrrole nitrogens is 1. The quantitative estimate of drug-likeness (QED) is 0.319. The molecule has 0 unspecified atom stereocenters. The Hall–Kier alpha value is -3.62. The highest BCUT2D eigenvalue weighted by Crippen LogP contribution is 2.31. The van der Waals surface area contributed by atoms with E-state index in [-0.39, 0.29) is 5.91 Å². The van der Waals surface area contributed by atoms with Gasteiger partial charge in [0.15, 0.2) is 0 Å². The van der Waals surface area contributed by atoms with E-state index in [1.54, 1.807) is 12.4 Å². The van der Waals surface area contributed by atoms with Crippen molar-refractivity contribution in [3.05, 3.63) is 83.0 Å². The van der Waals surface area contributed by atoms with E-state index < -0.39 is 0 Å². The number of likely N-dealkylation sites (tertiary alicyclic amines) is 1. The van der Waals surface area contributed by atoms with Crippen molar-refractivity contribution < 1.29 is 4.79 Å². The van der Waals surface area contributed by atoms with Gasteiger partial charge >= 0.3 is 0 Å². The predicted molar refractivity (Wildman–Crippen MR) is 164 cm³/mol. The van der Waals surface area contributed by atoms with E-state index in [9.17, 15) is 4.79 Å². The van der Waals surface area contributed by atoms with Crippen molar-refractivity contribution in [1.82, 2.24) is 29.3 Å². The third-order valence-corrected chi connectivity index (χ3v) is 9.03. The number of imidazole rings is 1. The van der Waals surface area contributed by atoms with E-state index in [2.05, 4.69) is 69.4 Å². The lowest BCUT2D eigenvalue weighted by Gasteiger charge is -2.47. The molecular weight excluding hydrogens is 534 g/mol. The fraction of sp³-hybridized carbons (Fsp3) is 0.406. The molecule has 5 heterocycles. The molecular formula is C32H38ClN7O. The first-order valence-electron chi connectivity index (χ1n) is 14.6. The Kier molecular flexibility index (Phi) is 7.86. The van der Waals surface area contributed by atoms with Crippen molar-refractivity contribution in [2.24, 2.45) is 0 Å². The van der Waals surface area contributed by atoms with Crippen LogP contribution in [0.5, 0.6) is 0 Å². The third kappa shape index (κ3) is 5.51. The highest BCUT2D eigenvalue weighted by molar-refractivity contribution is 6.33. The minimum absolute atomic E-state index is 0.131. The molecule has 1 amide bonds. The number of amides is 1. The first-order valence-corrected chi connectivity index (χ1v) is 15.0. The molecule has 0 saturated carbocycles. The molecule has 0 spiro atoms. The maximum absolute atomic E-state index is 13.3. The minimum Gasteiger partial charge on any atom is -0.353 e. The van der Waals surface area contributed by atoms with Crippen LogP contribution < -0.4 is 4.90 Å². The summed E-state index contributed by atoms with van der Waals surface area (Å²) in [5.74, 6) is 1.74. The summed E-state index contributed by atoms with van der Waals surface area (Å²) in [6.07, 6.45) is 8.43. The van der Waals surface area contributed by atoms with E-state index in [1.165, 1.54) is 11.4 Å². The number of benzene rings is 1. The smallest absolute Gasteiger partial charge is 0.253 e. The van der Waals surface area contributed by atoms with Crippen LogP contribution in [0, 0.1) is 13.8 Å². The number of nitrogens with one attached hydrogen (secondary N) is 1. The standard InChI is InChI=1S/C32H38ClN7O/c1-4-26-21-38(31-29(33)19-25(20-36-31)30-34-13-14-35-30)17-18-39(26)27-11-15-37(16-12-27)32(41)24-7-9-28(10-8-24)40-22(2)5-6-23(40)3/h5-10,13-14,19-20,26-27H,4,11-12,15-18,21H2,1-3H3,(H,34,35)/t26-/m0/s1. The molecule has 214 valence electrons. The van der Waals surface area contributed by atoms with Gasteiger partial charge in [0.05, 0.1) is 5.02 Å². The molecule has 2 aliphatic rings. The van der Waals surface area contributed by atoms with Gasteiger partial charge in [-0.1, -0.05) is 18.5 Å². The second-order valence-corrected chi connectivity index (χ2v) is 11.6. The Morgan fingerprint density at radius 1 is 1.00 bits per heavy atom. The summed E-state index contributed by atoms with van der Waals surface area (Å²) in [6, 6.07) is 15.1. The fourth-order valence-electron chi connectivity index (χ4n) is 6.53. The molecule has 6 rings (SSSR count). The van der Waals surface area contributed by atoms with E-state index >= 15 is 0 Å². The number of nitrogens with zero attached hydrogens (tertiary/aromatic N) is 6. The first-order chi connectivity index (χ1) is 19.9. The normalized spacial score (nSPS) is 18.7. The number of piperidine rings is 1. The number of piperazine rings is 1. The molecule has 2 saturated heterocycles. The summed E-state index contributed by atoms with van der Waals surface area (Å²) < 4.78 is 2.21. The molecule has 2 fully saturated rings. The van der Waals surface area contributed by atoms with Crippen molar-refractivity contribution >= 4 is 23.3 Å². The molecule has 0 bridgehead atoms. The van der Waals surface area contributed by atoms with E-state index in [1.807, 2.05) is 29.3 Å². The zero-order valence-electron chi connectivity index (χ0n) is 24.1. The second-order valence-electron chi connectivity index (χ2n) is 11.2. The van der Waals surface area contributed by atoms with Crippen molar-refractivity contribution in [2.45, 2.75) is 52.1 Å². The van der Waals surface area contributed by atoms with Gasteiger partial charge in [0.2, 0.25) is 0 Å². The molecule has 0 aliphatic carbocycles. The van der Waals surface area contributed by atoms with Crippen LogP contribution in [-0.4, -0.2) is 80.0 Å². The van der Waals surface area contributed by atoms with Gasteiger partial charge in [0.1, 0.15) is 11.6 Å². The molecule has 2 aliphatic heterocycles. The van der Waals surface area contributed by atoms with E-state index in [4.69, 9.17) is 16.6 Å². The van der Waals surface area contributed by atoms with Crippen LogP contribution >= 0.6 is 11.6 Å². The van der Waals surface area contributed by atoms with Gasteiger partial charge in [-0.3, -0.25) is 9.69 Å². The molecule has 1 aromatic carbocycles. The zero-order valence-corrected chi connectivity index (χ0v) is 24.8. The van der Waals surface area contributed by atoms with E-state index in [0.29, 0.717) is 17.1 Å². The van der Waals surface area contributed by atoms with Crippen molar-refractivity contribution in [1.29, 1.82) is 0 Å². The number of rotatable bonds is 6. The molecule has 9 heteroatoms. The molecule has 1 N–H and O–H groups in total. The van der Waals surface area contributed by atoms with Crippen LogP contribution in [-0.2, 0) is 0 Å². The Morgan fingerprint density at radius 3 is 2.37 bits per heavy atom. The number of pyridine rings is 1. The Bertz CT molecular complexity index is 1470. The number of aryl methyl sites for hydroxylation is 2. The summed E-state index contributed by atoms with van der Waals surface area (Å²) in [7, 11) is 0. The van der Waals surface area contributed by atoms with Gasteiger partial charge in [0.25, 0.3) is 5.91 Å². The van der Waals surface area contributed by atoms with Gasteiger partial charge in [-0.15, -0.1) is 0 Å². The van der Waals surface area contributed by atoms with Gasteiger partial charge in [0, 0.05) is 91.6 Å². The molecule has 0 radical (unpaired) electrons. The number of carbonyl (C=O) groups is 1. The molecule has 4 aromatic rings. The zero-order chi connectivity index (χ0) is 28.5. The lowest BCUT2D eigenvalue weighted by molar-refractivity contribution is 0.0491. The van der Waals surface area contributed by atoms with E-state index in [0.717, 1.165) is 80.4 Å². The van der Waals surface area contributed by atoms with Crippen molar-refractivity contribution in [3.63, 3.8) is 0 Å². The molecule has 3 aromatic heterocycles. The summed E-state index contributed by atoms with van der Waals surface area (Å²) in [6.45, 7) is 10.8. The summed E-state index contributed by atoms with van der Waals surface area (Å²) in [5.41, 5.74) is 5.12. The summed E-state index contributed by atoms with van der Waals surface area (Å²) in [5, 5.41) is 0.653. The molecule has 41 heavy (non-hydrogen) atoms. The SMILES string of the molecule is CC[C@H]1CN(c2ncc(-c3ncc[nH]3)cc2Cl)CCN1C1CCN(C(=O)c2ccc(-n3c(C)ccc3C)cc2)CC1. The number of aromatic nitrogens is 4. The maximum Gasteiger partial charge on any atom is 0.253 e. The number of anilines is 1. The number of carbonyl (C=O) groups excluding carboxylic acids is 1. The van der Waals surface area contributed by atoms with Gasteiger partial charge in [-0.05, 0) is 75.6 Å². The second kappa shape index (κ2) is 11.7. The lowest BCUT2D eigenvalue weighted by Crippen LogP contribution is -2.58. The number of hydrogen-bond donors (Lipinski definition) is 1. The third-order valence-electron chi connectivity index (χ3n) is 8.76. The molecule has 8 nitrogen and oxygen atoms in total. The van der Waals surface area contributed by atoms with Gasteiger partial charge in [-0.25, -0.2) is 9.97 Å². The largest absolute Gasteiger partial charge is 0.353 e. The van der Waals surface area contributed by atoms with Crippen LogP contribution in [0.4, 0.5) is 5.82 Å². The first kappa shape index (κ1) is 27.5. The van der Waals surface area contributed by atoms with Crippen LogP contribution in [0.15, 0.2) is 61.1 Å². The Labute approximate surface area is 247 Å². The maximum atomic E-state index is 13.3. The van der Waals surface area contributed by atoms with Gasteiger partial charge in [-0.2, -0.15) is 0 Å². The van der Waals surface area contributed by atoms with Crippen LogP contribution in [0.2, 0.25) is 5.02 Å². The highest BCUT2D eigenvalue weighted by atomic mass is 35.5. The van der Waals surface area contributed by atoms with Crippen LogP contribution in [0.3, 0.4) is 0 Å². The fourth-order valence-corrected chi connectivity index (χ4v) is 6.82. The monoisotopic (exact) mass is 571 g/mol. The minimum atomic E-state index is 0.131. The topological polar surface area (TPSA) is 73.3 Å². The highest BCUT2D eigenvalue weighted by Gasteiger charge is 2.35. The summed E-state index contributed by atoms with van der Waals surface area (Å²) >= 11 is 6.70. The van der Waals surface area contributed by atoms with Crippen LogP contribution in [0.25, 0.3) is 17.1 Å². The number of hydrogen-bond acceptors (Lipinski definition) is 5. The average molecular weight is 572 g/mol. The number of aromatic amines is 1. The number of halogens is 1. The average Bonchev–Trinajstić information content (AvgIpc) is 3.66.